The van der Waals surface area contributed by atoms with Crippen molar-refractivity contribution < 1.29 is 21.1 Å². The molecule has 212 valence electrons. The first-order valence-corrected chi connectivity index (χ1v) is 14.2. The quantitative estimate of drug-likeness (QED) is 0.154. The number of aromatic nitrogens is 3. The van der Waals surface area contributed by atoms with Gasteiger partial charge in [0.15, 0.2) is 0 Å². The van der Waals surface area contributed by atoms with Crippen molar-refractivity contribution in [2.24, 2.45) is 0 Å². The van der Waals surface area contributed by atoms with Gasteiger partial charge in [-0.1, -0.05) is 82.9 Å². The van der Waals surface area contributed by atoms with E-state index in [9.17, 15) is 5.26 Å². The smallest absolute Gasteiger partial charge is 0.300 e. The van der Waals surface area contributed by atoms with Gasteiger partial charge in [-0.25, -0.2) is 0 Å². The average molecular weight is 723 g/mol. The van der Waals surface area contributed by atoms with E-state index < -0.39 is 5.41 Å². The van der Waals surface area contributed by atoms with E-state index in [4.69, 9.17) is 16.7 Å². The molecule has 0 bridgehead atoms. The Kier molecular flexibility index (Phi) is 10.8. The van der Waals surface area contributed by atoms with Crippen LogP contribution in [-0.4, -0.2) is 14.8 Å². The van der Waals surface area contributed by atoms with Gasteiger partial charge in [0.1, 0.15) is 5.69 Å². The van der Waals surface area contributed by atoms with Gasteiger partial charge in [0.05, 0.1) is 23.8 Å². The fraction of sp³-hybridized carbons (Fsp3) is 0.371. The molecule has 2 unspecified atom stereocenters. The van der Waals surface area contributed by atoms with E-state index in [2.05, 4.69) is 64.6 Å². The molecule has 0 spiro atoms. The molecule has 0 aliphatic heterocycles. The molecular weight excluding hydrogens is 685 g/mol. The van der Waals surface area contributed by atoms with Crippen LogP contribution in [0.3, 0.4) is 0 Å². The molecule has 0 radical (unpaired) electrons. The van der Waals surface area contributed by atoms with E-state index in [-0.39, 0.29) is 21.1 Å². The van der Waals surface area contributed by atoms with E-state index in [1.165, 1.54) is 0 Å². The third-order valence-corrected chi connectivity index (χ3v) is 7.82. The summed E-state index contributed by atoms with van der Waals surface area (Å²) < 4.78 is 1.78. The Morgan fingerprint density at radius 1 is 1.00 bits per heavy atom. The number of hydrogen-bond donors (Lipinski definition) is 0. The molecule has 2 atom stereocenters. The molecule has 6 heteroatoms. The summed E-state index contributed by atoms with van der Waals surface area (Å²) in [7, 11) is 0. The molecule has 4 rings (SSSR count). The van der Waals surface area contributed by atoms with Crippen molar-refractivity contribution in [2.75, 3.05) is 0 Å². The van der Waals surface area contributed by atoms with Gasteiger partial charge in [0.25, 0.3) is 0 Å². The normalized spacial score (nSPS) is 12.6. The van der Waals surface area contributed by atoms with Gasteiger partial charge >= 0.3 is 21.1 Å². The monoisotopic (exact) mass is 722 g/mol. The molecule has 0 aliphatic carbocycles. The van der Waals surface area contributed by atoms with Crippen LogP contribution in [0.5, 0.6) is 0 Å². The molecule has 5 nitrogen and oxygen atoms in total. The Labute approximate surface area is 259 Å². The number of pyridine rings is 1. The predicted molar refractivity (Wildman–Crippen MR) is 161 cm³/mol. The fourth-order valence-electron chi connectivity index (χ4n) is 5.29. The second-order valence-electron chi connectivity index (χ2n) is 11.2. The van der Waals surface area contributed by atoms with Crippen LogP contribution in [0.2, 0.25) is 0 Å². The molecule has 2 aromatic heterocycles. The summed E-state index contributed by atoms with van der Waals surface area (Å²) in [5.41, 5.74) is 7.03. The molecular formula is C35H37N5Pt. The Hall–Kier alpha value is -3.53. The Morgan fingerprint density at radius 2 is 1.68 bits per heavy atom. The third-order valence-electron chi connectivity index (χ3n) is 7.82. The molecule has 4 aromatic rings. The van der Waals surface area contributed by atoms with Crippen molar-refractivity contribution in [1.29, 1.82) is 5.26 Å². The van der Waals surface area contributed by atoms with Crippen LogP contribution in [0.25, 0.3) is 21.8 Å². The molecule has 2 aromatic carbocycles. The van der Waals surface area contributed by atoms with Crippen LogP contribution in [0, 0.1) is 30.0 Å². The SMILES string of the molecule is [C-]#[N+]c1cc(-c2cccc(C(C)(C)c3ccn(-c4[c-]cc(C(C)CCC)c(C#N)c4)n3)n2)[c-]cc1C(C)CCC.[Pt+2]. The van der Waals surface area contributed by atoms with Crippen molar-refractivity contribution >= 4 is 5.69 Å². The maximum Gasteiger partial charge on any atom is 2.00 e. The summed E-state index contributed by atoms with van der Waals surface area (Å²) in [4.78, 5) is 8.81. The molecule has 0 fully saturated rings. The summed E-state index contributed by atoms with van der Waals surface area (Å²) in [5, 5.41) is 14.7. The van der Waals surface area contributed by atoms with Crippen molar-refractivity contribution in [3.05, 3.63) is 106 Å². The van der Waals surface area contributed by atoms with Crippen LogP contribution >= 0.6 is 0 Å². The Balaban J connectivity index is 0.00000462. The number of rotatable bonds is 10. The molecule has 0 saturated carbocycles. The van der Waals surface area contributed by atoms with Gasteiger partial charge in [-0.2, -0.15) is 28.6 Å². The molecule has 41 heavy (non-hydrogen) atoms. The summed E-state index contributed by atoms with van der Waals surface area (Å²) >= 11 is 0. The topological polar surface area (TPSA) is 58.9 Å². The van der Waals surface area contributed by atoms with Crippen molar-refractivity contribution in [3.63, 3.8) is 0 Å². The zero-order chi connectivity index (χ0) is 28.9. The minimum absolute atomic E-state index is 0. The zero-order valence-corrected chi connectivity index (χ0v) is 27.0. The summed E-state index contributed by atoms with van der Waals surface area (Å²) in [5.74, 6) is 0.639. The van der Waals surface area contributed by atoms with Gasteiger partial charge < -0.3 is 4.98 Å². The average Bonchev–Trinajstić information content (AvgIpc) is 3.48. The van der Waals surface area contributed by atoms with Crippen LogP contribution in [0.4, 0.5) is 5.69 Å². The van der Waals surface area contributed by atoms with Crippen molar-refractivity contribution in [2.45, 2.75) is 84.5 Å². The Morgan fingerprint density at radius 3 is 2.34 bits per heavy atom. The van der Waals surface area contributed by atoms with E-state index in [1.54, 1.807) is 4.68 Å². The first kappa shape index (κ1) is 32.0. The zero-order valence-electron chi connectivity index (χ0n) is 24.7. The van der Waals surface area contributed by atoms with Crippen molar-refractivity contribution in [3.8, 4) is 23.0 Å². The molecule has 0 N–H and O–H groups in total. The van der Waals surface area contributed by atoms with Gasteiger partial charge in [0, 0.05) is 11.9 Å². The number of hydrogen-bond acceptors (Lipinski definition) is 3. The molecule has 0 aliphatic rings. The largest absolute Gasteiger partial charge is 2.00 e. The second kappa shape index (κ2) is 13.9. The first-order valence-electron chi connectivity index (χ1n) is 14.2. The van der Waals surface area contributed by atoms with Crippen LogP contribution in [0.1, 0.15) is 107 Å². The predicted octanol–water partition coefficient (Wildman–Crippen LogP) is 9.09. The van der Waals surface area contributed by atoms with Crippen LogP contribution in [0.15, 0.2) is 54.7 Å². The summed E-state index contributed by atoms with van der Waals surface area (Å²) in [6, 6.07) is 24.7. The minimum atomic E-state index is -0.479. The molecule has 0 amide bonds. The first-order chi connectivity index (χ1) is 19.2. The number of nitriles is 1. The van der Waals surface area contributed by atoms with E-state index >= 15 is 0 Å². The van der Waals surface area contributed by atoms with E-state index in [0.29, 0.717) is 23.1 Å². The summed E-state index contributed by atoms with van der Waals surface area (Å²) in [6.45, 7) is 20.6. The molecule has 2 heterocycles. The minimum Gasteiger partial charge on any atom is -0.300 e. The molecule has 0 saturated heterocycles. The summed E-state index contributed by atoms with van der Waals surface area (Å²) in [6.07, 6.45) is 6.14. The Bertz CT molecular complexity index is 1570. The number of nitrogens with zero attached hydrogens (tertiary/aromatic N) is 5. The van der Waals surface area contributed by atoms with E-state index in [0.717, 1.165) is 65.1 Å². The maximum absolute atomic E-state index is 9.79. The van der Waals surface area contributed by atoms with E-state index in [1.807, 2.05) is 54.7 Å². The van der Waals surface area contributed by atoms with Crippen LogP contribution in [-0.2, 0) is 26.5 Å². The third kappa shape index (κ3) is 6.86. The standard InChI is InChI=1S/C35H37N5.Pt/c1-8-11-24(3)29-18-16-28(21-27(29)23-36)40-20-19-34(39-40)35(5,6)33-14-10-13-31(38-33)26-15-17-30(25(4)12-9-2)32(22-26)37-7;/h10,13-14,17-22,24-25H,8-9,11-12H2,1-6H3;/q-2;+2. The number of benzene rings is 2. The van der Waals surface area contributed by atoms with Crippen molar-refractivity contribution in [1.82, 2.24) is 14.8 Å². The fourth-order valence-corrected chi connectivity index (χ4v) is 5.29. The van der Waals surface area contributed by atoms with Gasteiger partial charge in [0.2, 0.25) is 0 Å². The van der Waals surface area contributed by atoms with Gasteiger partial charge in [-0.15, -0.1) is 34.9 Å². The second-order valence-corrected chi connectivity index (χ2v) is 11.2. The van der Waals surface area contributed by atoms with Gasteiger partial charge in [-0.3, -0.25) is 9.53 Å². The maximum atomic E-state index is 9.79. The van der Waals surface area contributed by atoms with Gasteiger partial charge in [-0.05, 0) is 37.4 Å². The van der Waals surface area contributed by atoms with Crippen LogP contribution < -0.4 is 0 Å².